The minimum absolute atomic E-state index is 0.136. The predicted molar refractivity (Wildman–Crippen MR) is 77.7 cm³/mol. The Morgan fingerprint density at radius 2 is 2.20 bits per heavy atom. The summed E-state index contributed by atoms with van der Waals surface area (Å²) in [6, 6.07) is 5.17. The normalized spacial score (nSPS) is 10.6. The lowest BCUT2D eigenvalue weighted by Gasteiger charge is -2.07. The smallest absolute Gasteiger partial charge is 0.274 e. The Labute approximate surface area is 117 Å². The van der Waals surface area contributed by atoms with E-state index in [2.05, 4.69) is 17.3 Å². The van der Waals surface area contributed by atoms with E-state index in [9.17, 15) is 10.1 Å². The second kappa shape index (κ2) is 5.73. The first-order valence-electron chi connectivity index (χ1n) is 6.51. The molecule has 0 atom stereocenters. The van der Waals surface area contributed by atoms with Gasteiger partial charge in [-0.1, -0.05) is 13.0 Å². The van der Waals surface area contributed by atoms with Crippen molar-refractivity contribution in [3.05, 3.63) is 51.3 Å². The highest BCUT2D eigenvalue weighted by molar-refractivity contribution is 5.55. The van der Waals surface area contributed by atoms with E-state index < -0.39 is 0 Å². The van der Waals surface area contributed by atoms with Crippen molar-refractivity contribution < 1.29 is 4.92 Å². The largest absolute Gasteiger partial charge is 0.381 e. The van der Waals surface area contributed by atoms with Crippen LogP contribution < -0.4 is 5.32 Å². The van der Waals surface area contributed by atoms with Gasteiger partial charge in [0, 0.05) is 42.7 Å². The molecule has 1 aromatic heterocycles. The molecule has 20 heavy (non-hydrogen) atoms. The second-order valence-electron chi connectivity index (χ2n) is 4.74. The fourth-order valence-corrected chi connectivity index (χ4v) is 2.14. The van der Waals surface area contributed by atoms with Crippen LogP contribution in [0.5, 0.6) is 0 Å². The van der Waals surface area contributed by atoms with Crippen molar-refractivity contribution in [3.8, 4) is 0 Å². The van der Waals surface area contributed by atoms with E-state index in [-0.39, 0.29) is 10.6 Å². The van der Waals surface area contributed by atoms with Crippen LogP contribution in [0.3, 0.4) is 0 Å². The first-order valence-corrected chi connectivity index (χ1v) is 6.51. The number of anilines is 1. The van der Waals surface area contributed by atoms with Gasteiger partial charge in [-0.3, -0.25) is 14.8 Å². The molecule has 1 heterocycles. The maximum absolute atomic E-state index is 10.9. The van der Waals surface area contributed by atoms with Crippen molar-refractivity contribution in [2.45, 2.75) is 26.8 Å². The molecule has 0 saturated carbocycles. The van der Waals surface area contributed by atoms with E-state index in [1.807, 2.05) is 19.3 Å². The van der Waals surface area contributed by atoms with Crippen LogP contribution in [0.2, 0.25) is 0 Å². The highest BCUT2D eigenvalue weighted by Crippen LogP contribution is 2.23. The van der Waals surface area contributed by atoms with Crippen LogP contribution in [0.4, 0.5) is 11.4 Å². The van der Waals surface area contributed by atoms with Crippen LogP contribution in [0.1, 0.15) is 23.7 Å². The molecule has 0 radical (unpaired) electrons. The van der Waals surface area contributed by atoms with Crippen LogP contribution in [-0.4, -0.2) is 14.7 Å². The Balaban J connectivity index is 2.14. The summed E-state index contributed by atoms with van der Waals surface area (Å²) in [5.41, 5.74) is 3.70. The van der Waals surface area contributed by atoms with Crippen molar-refractivity contribution in [2.75, 3.05) is 5.32 Å². The number of rotatable bonds is 5. The quantitative estimate of drug-likeness (QED) is 0.672. The zero-order valence-corrected chi connectivity index (χ0v) is 11.9. The molecule has 0 unspecified atom stereocenters. The number of aryl methyl sites for hydroxylation is 3. The summed E-state index contributed by atoms with van der Waals surface area (Å²) in [7, 11) is 1.89. The average molecular weight is 274 g/mol. The lowest BCUT2D eigenvalue weighted by molar-refractivity contribution is -0.385. The molecular weight excluding hydrogens is 256 g/mol. The standard InChI is InChI=1S/C14H18N4O2/c1-4-13-11(9-17(3)16-13)8-15-12-6-5-10(2)14(7-12)18(19)20/h5-7,9,15H,4,8H2,1-3H3. The van der Waals surface area contributed by atoms with E-state index in [0.717, 1.165) is 23.4 Å². The monoisotopic (exact) mass is 274 g/mol. The Morgan fingerprint density at radius 1 is 1.45 bits per heavy atom. The minimum atomic E-state index is -0.359. The minimum Gasteiger partial charge on any atom is -0.381 e. The van der Waals surface area contributed by atoms with Crippen molar-refractivity contribution in [1.29, 1.82) is 0 Å². The molecule has 0 aliphatic rings. The molecule has 0 spiro atoms. The maximum Gasteiger partial charge on any atom is 0.274 e. The molecule has 2 aromatic rings. The van der Waals surface area contributed by atoms with Crippen molar-refractivity contribution >= 4 is 11.4 Å². The van der Waals surface area contributed by atoms with Crippen LogP contribution in [-0.2, 0) is 20.0 Å². The molecule has 1 N–H and O–H groups in total. The van der Waals surface area contributed by atoms with Gasteiger partial charge in [0.25, 0.3) is 5.69 Å². The molecule has 106 valence electrons. The van der Waals surface area contributed by atoms with Crippen molar-refractivity contribution in [1.82, 2.24) is 9.78 Å². The van der Waals surface area contributed by atoms with E-state index in [0.29, 0.717) is 12.1 Å². The highest BCUT2D eigenvalue weighted by Gasteiger charge is 2.11. The van der Waals surface area contributed by atoms with E-state index >= 15 is 0 Å². The summed E-state index contributed by atoms with van der Waals surface area (Å²) in [5, 5.41) is 18.5. The Kier molecular flexibility index (Phi) is 4.02. The highest BCUT2D eigenvalue weighted by atomic mass is 16.6. The number of nitro groups is 1. The maximum atomic E-state index is 10.9. The second-order valence-corrected chi connectivity index (χ2v) is 4.74. The number of nitrogens with one attached hydrogen (secondary N) is 1. The first kappa shape index (κ1) is 14.0. The number of benzene rings is 1. The van der Waals surface area contributed by atoms with Crippen LogP contribution in [0, 0.1) is 17.0 Å². The number of hydrogen-bond acceptors (Lipinski definition) is 4. The molecule has 0 aliphatic heterocycles. The zero-order valence-electron chi connectivity index (χ0n) is 11.9. The van der Waals surface area contributed by atoms with Crippen LogP contribution in [0.15, 0.2) is 24.4 Å². The Bertz CT molecular complexity index is 634. The van der Waals surface area contributed by atoms with Gasteiger partial charge in [-0.15, -0.1) is 0 Å². The zero-order chi connectivity index (χ0) is 14.7. The van der Waals surface area contributed by atoms with Gasteiger partial charge < -0.3 is 5.32 Å². The molecule has 1 aromatic carbocycles. The fourth-order valence-electron chi connectivity index (χ4n) is 2.14. The number of nitrogens with zero attached hydrogens (tertiary/aromatic N) is 3. The summed E-state index contributed by atoms with van der Waals surface area (Å²) in [4.78, 5) is 10.6. The molecule has 0 amide bonds. The SMILES string of the molecule is CCc1nn(C)cc1CNc1ccc(C)c([N+](=O)[O-])c1. The summed E-state index contributed by atoms with van der Waals surface area (Å²) in [6.45, 7) is 4.40. The van der Waals surface area contributed by atoms with E-state index in [4.69, 9.17) is 0 Å². The molecule has 0 saturated heterocycles. The summed E-state index contributed by atoms with van der Waals surface area (Å²) >= 11 is 0. The van der Waals surface area contributed by atoms with E-state index in [1.54, 1.807) is 23.7 Å². The van der Waals surface area contributed by atoms with Crippen LogP contribution >= 0.6 is 0 Å². The van der Waals surface area contributed by atoms with Gasteiger partial charge >= 0.3 is 0 Å². The number of aromatic nitrogens is 2. The molecule has 0 fully saturated rings. The lowest BCUT2D eigenvalue weighted by Crippen LogP contribution is -2.02. The van der Waals surface area contributed by atoms with Gasteiger partial charge in [0.05, 0.1) is 10.6 Å². The molecular formula is C14H18N4O2. The molecule has 2 rings (SSSR count). The number of nitro benzene ring substituents is 1. The average Bonchev–Trinajstić information content (AvgIpc) is 2.77. The van der Waals surface area contributed by atoms with Gasteiger partial charge in [-0.2, -0.15) is 5.10 Å². The Morgan fingerprint density at radius 3 is 2.85 bits per heavy atom. The van der Waals surface area contributed by atoms with Gasteiger partial charge in [0.2, 0.25) is 0 Å². The molecule has 6 nitrogen and oxygen atoms in total. The van der Waals surface area contributed by atoms with Gasteiger partial charge in [-0.25, -0.2) is 0 Å². The third kappa shape index (κ3) is 2.96. The summed E-state index contributed by atoms with van der Waals surface area (Å²) in [5.74, 6) is 0. The third-order valence-electron chi connectivity index (χ3n) is 3.22. The summed E-state index contributed by atoms with van der Waals surface area (Å²) < 4.78 is 1.79. The van der Waals surface area contributed by atoms with Gasteiger partial charge in [0.15, 0.2) is 0 Å². The number of hydrogen-bond donors (Lipinski definition) is 1. The predicted octanol–water partition coefficient (Wildman–Crippen LogP) is 2.81. The van der Waals surface area contributed by atoms with Gasteiger partial charge in [0.1, 0.15) is 0 Å². The van der Waals surface area contributed by atoms with Crippen molar-refractivity contribution in [3.63, 3.8) is 0 Å². The fraction of sp³-hybridized carbons (Fsp3) is 0.357. The summed E-state index contributed by atoms with van der Waals surface area (Å²) in [6.07, 6.45) is 2.83. The van der Waals surface area contributed by atoms with Gasteiger partial charge in [-0.05, 0) is 19.4 Å². The Hall–Kier alpha value is -2.37. The lowest BCUT2D eigenvalue weighted by atomic mass is 10.1. The third-order valence-corrected chi connectivity index (χ3v) is 3.22. The van der Waals surface area contributed by atoms with E-state index in [1.165, 1.54) is 0 Å². The first-order chi connectivity index (χ1) is 9.51. The van der Waals surface area contributed by atoms with Crippen molar-refractivity contribution in [2.24, 2.45) is 7.05 Å². The molecule has 0 aliphatic carbocycles. The van der Waals surface area contributed by atoms with Crippen LogP contribution in [0.25, 0.3) is 0 Å². The topological polar surface area (TPSA) is 73.0 Å². The molecule has 0 bridgehead atoms. The molecule has 6 heteroatoms.